The van der Waals surface area contributed by atoms with Gasteiger partial charge in [0, 0.05) is 18.8 Å². The summed E-state index contributed by atoms with van der Waals surface area (Å²) >= 11 is 0. The zero-order valence-corrected chi connectivity index (χ0v) is 15.2. The SMILES string of the molecule is COc1ccc2cc([C@H](C)C(=O)NCc3ccnc(OC)c3)ccc2c1. The van der Waals surface area contributed by atoms with E-state index < -0.39 is 0 Å². The Balaban J connectivity index is 1.70. The lowest BCUT2D eigenvalue weighted by molar-refractivity contribution is -0.122. The Hall–Kier alpha value is -3.08. The highest BCUT2D eigenvalue weighted by atomic mass is 16.5. The van der Waals surface area contributed by atoms with Crippen molar-refractivity contribution >= 4 is 16.7 Å². The number of methoxy groups -OCH3 is 2. The van der Waals surface area contributed by atoms with E-state index in [9.17, 15) is 4.79 Å². The van der Waals surface area contributed by atoms with E-state index in [0.717, 1.165) is 27.6 Å². The normalized spacial score (nSPS) is 11.8. The van der Waals surface area contributed by atoms with Gasteiger partial charge < -0.3 is 14.8 Å². The third kappa shape index (κ3) is 3.94. The number of amides is 1. The summed E-state index contributed by atoms with van der Waals surface area (Å²) in [4.78, 5) is 16.6. The molecule has 0 bridgehead atoms. The second kappa shape index (κ2) is 7.87. The molecule has 0 aliphatic heterocycles. The number of aromatic nitrogens is 1. The van der Waals surface area contributed by atoms with Gasteiger partial charge in [-0.15, -0.1) is 0 Å². The summed E-state index contributed by atoms with van der Waals surface area (Å²) in [6, 6.07) is 15.6. The second-order valence-electron chi connectivity index (χ2n) is 6.12. The summed E-state index contributed by atoms with van der Waals surface area (Å²) in [7, 11) is 3.22. The van der Waals surface area contributed by atoms with Crippen molar-refractivity contribution in [1.29, 1.82) is 0 Å². The van der Waals surface area contributed by atoms with Crippen molar-refractivity contribution in [1.82, 2.24) is 10.3 Å². The zero-order valence-electron chi connectivity index (χ0n) is 15.2. The standard InChI is InChI=1S/C21H22N2O3/c1-14(21(24)23-13-15-8-9-22-20(10-15)26-3)16-4-5-18-12-19(25-2)7-6-17(18)11-16/h4-12,14H,13H2,1-3H3,(H,23,24)/t14-/m0/s1. The molecular formula is C21H22N2O3. The highest BCUT2D eigenvalue weighted by molar-refractivity contribution is 5.88. The van der Waals surface area contributed by atoms with Crippen LogP contribution in [0.15, 0.2) is 54.7 Å². The third-order valence-corrected chi connectivity index (χ3v) is 4.44. The number of carbonyl (C=O) groups excluding carboxylic acids is 1. The van der Waals surface area contributed by atoms with Gasteiger partial charge in [-0.1, -0.05) is 24.3 Å². The third-order valence-electron chi connectivity index (χ3n) is 4.44. The van der Waals surface area contributed by atoms with Crippen molar-refractivity contribution < 1.29 is 14.3 Å². The van der Waals surface area contributed by atoms with Crippen molar-refractivity contribution in [2.24, 2.45) is 0 Å². The van der Waals surface area contributed by atoms with Crippen molar-refractivity contribution in [3.8, 4) is 11.6 Å². The van der Waals surface area contributed by atoms with Gasteiger partial charge in [0.1, 0.15) is 5.75 Å². The Bertz CT molecular complexity index is 924. The van der Waals surface area contributed by atoms with Gasteiger partial charge in [-0.3, -0.25) is 4.79 Å². The molecule has 0 aliphatic carbocycles. The van der Waals surface area contributed by atoms with E-state index in [2.05, 4.69) is 16.4 Å². The van der Waals surface area contributed by atoms with Crippen LogP contribution < -0.4 is 14.8 Å². The molecule has 0 aliphatic rings. The van der Waals surface area contributed by atoms with Crippen molar-refractivity contribution in [2.75, 3.05) is 14.2 Å². The average Bonchev–Trinajstić information content (AvgIpc) is 2.70. The Labute approximate surface area is 153 Å². The van der Waals surface area contributed by atoms with E-state index in [1.165, 1.54) is 0 Å². The molecule has 0 fully saturated rings. The van der Waals surface area contributed by atoms with Crippen LogP contribution in [0.3, 0.4) is 0 Å². The average molecular weight is 350 g/mol. The fourth-order valence-corrected chi connectivity index (χ4v) is 2.80. The van der Waals surface area contributed by atoms with E-state index in [1.54, 1.807) is 20.4 Å². The minimum atomic E-state index is -0.245. The summed E-state index contributed by atoms with van der Waals surface area (Å²) in [5, 5.41) is 5.15. The highest BCUT2D eigenvalue weighted by Gasteiger charge is 2.15. The molecule has 1 amide bonds. The minimum absolute atomic E-state index is 0.0198. The Morgan fingerprint density at radius 1 is 1.04 bits per heavy atom. The van der Waals surface area contributed by atoms with Crippen LogP contribution in [0.1, 0.15) is 24.0 Å². The van der Waals surface area contributed by atoms with Gasteiger partial charge in [-0.2, -0.15) is 0 Å². The summed E-state index contributed by atoms with van der Waals surface area (Å²) < 4.78 is 10.4. The Kier molecular flexibility index (Phi) is 5.37. The summed E-state index contributed by atoms with van der Waals surface area (Å²) in [6.07, 6.45) is 1.67. The molecule has 0 unspecified atom stereocenters. The molecule has 0 spiro atoms. The number of nitrogens with zero attached hydrogens (tertiary/aromatic N) is 1. The number of nitrogens with one attached hydrogen (secondary N) is 1. The number of pyridine rings is 1. The van der Waals surface area contributed by atoms with E-state index in [4.69, 9.17) is 9.47 Å². The summed E-state index contributed by atoms with van der Waals surface area (Å²) in [6.45, 7) is 2.35. The summed E-state index contributed by atoms with van der Waals surface area (Å²) in [5.41, 5.74) is 1.93. The first-order valence-electron chi connectivity index (χ1n) is 8.45. The van der Waals surface area contributed by atoms with Crippen LogP contribution >= 0.6 is 0 Å². The van der Waals surface area contributed by atoms with Gasteiger partial charge in [0.25, 0.3) is 0 Å². The van der Waals surface area contributed by atoms with Gasteiger partial charge in [0.05, 0.1) is 20.1 Å². The molecule has 3 aromatic rings. The van der Waals surface area contributed by atoms with Crippen molar-refractivity contribution in [3.63, 3.8) is 0 Å². The maximum Gasteiger partial charge on any atom is 0.227 e. The Morgan fingerprint density at radius 2 is 1.81 bits per heavy atom. The molecule has 0 saturated carbocycles. The second-order valence-corrected chi connectivity index (χ2v) is 6.12. The molecule has 1 N–H and O–H groups in total. The van der Waals surface area contributed by atoms with Gasteiger partial charge in [0.15, 0.2) is 0 Å². The quantitative estimate of drug-likeness (QED) is 0.737. The van der Waals surface area contributed by atoms with Gasteiger partial charge in [0.2, 0.25) is 11.8 Å². The largest absolute Gasteiger partial charge is 0.497 e. The predicted molar refractivity (Wildman–Crippen MR) is 102 cm³/mol. The van der Waals surface area contributed by atoms with E-state index >= 15 is 0 Å². The van der Waals surface area contributed by atoms with Crippen molar-refractivity contribution in [2.45, 2.75) is 19.4 Å². The van der Waals surface area contributed by atoms with Crippen LogP contribution in [0.2, 0.25) is 0 Å². The minimum Gasteiger partial charge on any atom is -0.497 e. The lowest BCUT2D eigenvalue weighted by Crippen LogP contribution is -2.27. The molecule has 0 radical (unpaired) electrons. The van der Waals surface area contributed by atoms with E-state index in [-0.39, 0.29) is 11.8 Å². The zero-order chi connectivity index (χ0) is 18.5. The van der Waals surface area contributed by atoms with Crippen LogP contribution in [-0.2, 0) is 11.3 Å². The number of hydrogen-bond acceptors (Lipinski definition) is 4. The lowest BCUT2D eigenvalue weighted by Gasteiger charge is -2.14. The molecule has 1 heterocycles. The molecule has 5 heteroatoms. The van der Waals surface area contributed by atoms with E-state index in [1.807, 2.05) is 49.4 Å². The number of fused-ring (bicyclic) bond motifs is 1. The van der Waals surface area contributed by atoms with Crippen LogP contribution in [0, 0.1) is 0 Å². The first-order valence-corrected chi connectivity index (χ1v) is 8.45. The monoisotopic (exact) mass is 350 g/mol. The van der Waals surface area contributed by atoms with Crippen molar-refractivity contribution in [3.05, 3.63) is 65.9 Å². The molecule has 3 rings (SSSR count). The fraction of sp³-hybridized carbons (Fsp3) is 0.238. The highest BCUT2D eigenvalue weighted by Crippen LogP contribution is 2.25. The smallest absolute Gasteiger partial charge is 0.227 e. The van der Waals surface area contributed by atoms with Crippen LogP contribution in [0.4, 0.5) is 0 Å². The van der Waals surface area contributed by atoms with Gasteiger partial charge in [-0.05, 0) is 47.0 Å². The van der Waals surface area contributed by atoms with Crippen LogP contribution in [0.25, 0.3) is 10.8 Å². The van der Waals surface area contributed by atoms with E-state index in [0.29, 0.717) is 12.4 Å². The molecule has 1 aromatic heterocycles. The number of carbonyl (C=O) groups is 1. The molecule has 26 heavy (non-hydrogen) atoms. The first kappa shape index (κ1) is 17.7. The molecule has 2 aromatic carbocycles. The molecule has 1 atom stereocenters. The first-order chi connectivity index (χ1) is 12.6. The van der Waals surface area contributed by atoms with Gasteiger partial charge >= 0.3 is 0 Å². The summed E-state index contributed by atoms with van der Waals surface area (Å²) in [5.74, 6) is 1.09. The fourth-order valence-electron chi connectivity index (χ4n) is 2.80. The molecule has 134 valence electrons. The predicted octanol–water partition coefficient (Wildman–Crippen LogP) is 3.67. The van der Waals surface area contributed by atoms with Gasteiger partial charge in [-0.25, -0.2) is 4.98 Å². The Morgan fingerprint density at radius 3 is 2.58 bits per heavy atom. The number of hydrogen-bond donors (Lipinski definition) is 1. The molecule has 5 nitrogen and oxygen atoms in total. The number of benzene rings is 2. The lowest BCUT2D eigenvalue weighted by atomic mass is 9.97. The molecule has 0 saturated heterocycles. The maximum atomic E-state index is 12.5. The van der Waals surface area contributed by atoms with Crippen LogP contribution in [0.5, 0.6) is 11.6 Å². The number of ether oxygens (including phenoxy) is 2. The van der Waals surface area contributed by atoms with Crippen LogP contribution in [-0.4, -0.2) is 25.1 Å². The topological polar surface area (TPSA) is 60.5 Å². The number of rotatable bonds is 6. The molecular weight excluding hydrogens is 328 g/mol. The maximum absolute atomic E-state index is 12.5.